The van der Waals surface area contributed by atoms with Crippen molar-refractivity contribution in [3.05, 3.63) is 65.3 Å². The quantitative estimate of drug-likeness (QED) is 0.521. The molecule has 0 saturated heterocycles. The van der Waals surface area contributed by atoms with Crippen molar-refractivity contribution >= 4 is 34.3 Å². The number of hydrogen-bond donors (Lipinski definition) is 0. The number of para-hydroxylation sites is 1. The van der Waals surface area contributed by atoms with E-state index >= 15 is 0 Å². The van der Waals surface area contributed by atoms with Crippen LogP contribution in [0.4, 0.5) is 5.69 Å². The van der Waals surface area contributed by atoms with Gasteiger partial charge in [-0.05, 0) is 23.8 Å². The van der Waals surface area contributed by atoms with Gasteiger partial charge in [-0.1, -0.05) is 41.9 Å². The van der Waals surface area contributed by atoms with Crippen molar-refractivity contribution in [1.82, 2.24) is 4.57 Å². The summed E-state index contributed by atoms with van der Waals surface area (Å²) in [5.74, 6) is 0. The van der Waals surface area contributed by atoms with E-state index in [9.17, 15) is 4.79 Å². The largest absolute Gasteiger partial charge is 0.341 e. The van der Waals surface area contributed by atoms with Gasteiger partial charge in [-0.3, -0.25) is 0 Å². The Balaban J connectivity index is 2.09. The van der Waals surface area contributed by atoms with E-state index in [2.05, 4.69) is 9.56 Å². The molecular weight excluding hydrogens is 272 g/mol. The van der Waals surface area contributed by atoms with Crippen LogP contribution in [0.3, 0.4) is 0 Å². The minimum absolute atomic E-state index is 0.637. The van der Waals surface area contributed by atoms with Crippen LogP contribution in [-0.2, 0) is 11.3 Å². The highest BCUT2D eigenvalue weighted by Crippen LogP contribution is 2.28. The molecule has 0 amide bonds. The number of halogens is 1. The maximum absolute atomic E-state index is 10.5. The standard InChI is InChI=1S/C16H11ClN2O/c17-13-5-3-4-12(8-13)9-19-10-15(18-11-20)14-6-1-2-7-16(14)19/h1-8,10H,9H2. The fourth-order valence-corrected chi connectivity index (χ4v) is 2.54. The smallest absolute Gasteiger partial charge is 0.240 e. The Morgan fingerprint density at radius 2 is 2.00 bits per heavy atom. The van der Waals surface area contributed by atoms with E-state index in [0.717, 1.165) is 16.5 Å². The third-order valence-electron chi connectivity index (χ3n) is 3.18. The van der Waals surface area contributed by atoms with Crippen molar-refractivity contribution in [1.29, 1.82) is 0 Å². The van der Waals surface area contributed by atoms with Crippen molar-refractivity contribution in [2.75, 3.05) is 0 Å². The van der Waals surface area contributed by atoms with Crippen molar-refractivity contribution in [2.45, 2.75) is 6.54 Å². The van der Waals surface area contributed by atoms with Gasteiger partial charge in [-0.15, -0.1) is 0 Å². The molecule has 1 heterocycles. The van der Waals surface area contributed by atoms with Crippen LogP contribution in [0.15, 0.2) is 59.7 Å². The van der Waals surface area contributed by atoms with Gasteiger partial charge < -0.3 is 4.57 Å². The molecular formula is C16H11ClN2O. The first kappa shape index (κ1) is 12.7. The van der Waals surface area contributed by atoms with Crippen molar-refractivity contribution < 1.29 is 4.79 Å². The minimum Gasteiger partial charge on any atom is -0.341 e. The summed E-state index contributed by atoms with van der Waals surface area (Å²) >= 11 is 6.01. The van der Waals surface area contributed by atoms with E-state index in [-0.39, 0.29) is 0 Å². The fraction of sp³-hybridized carbons (Fsp3) is 0.0625. The summed E-state index contributed by atoms with van der Waals surface area (Å²) in [6.45, 7) is 0.676. The molecule has 3 aromatic rings. The third-order valence-corrected chi connectivity index (χ3v) is 3.41. The lowest BCUT2D eigenvalue weighted by molar-refractivity contribution is 0.565. The van der Waals surface area contributed by atoms with Gasteiger partial charge in [0.2, 0.25) is 6.08 Å². The molecule has 1 aromatic heterocycles. The zero-order chi connectivity index (χ0) is 13.9. The number of fused-ring (bicyclic) bond motifs is 1. The van der Waals surface area contributed by atoms with Crippen molar-refractivity contribution in [2.24, 2.45) is 4.99 Å². The molecule has 3 rings (SSSR count). The highest BCUT2D eigenvalue weighted by atomic mass is 35.5. The zero-order valence-corrected chi connectivity index (χ0v) is 11.3. The molecule has 0 fully saturated rings. The van der Waals surface area contributed by atoms with Crippen LogP contribution >= 0.6 is 11.6 Å². The Hall–Kier alpha value is -2.35. The number of benzene rings is 2. The molecule has 4 heteroatoms. The summed E-state index contributed by atoms with van der Waals surface area (Å²) in [6.07, 6.45) is 3.46. The molecule has 0 atom stereocenters. The number of carbonyl (C=O) groups excluding carboxylic acids is 1. The zero-order valence-electron chi connectivity index (χ0n) is 10.6. The van der Waals surface area contributed by atoms with Crippen LogP contribution in [0, 0.1) is 0 Å². The van der Waals surface area contributed by atoms with Crippen LogP contribution in [0.5, 0.6) is 0 Å². The second kappa shape index (κ2) is 5.33. The SMILES string of the molecule is O=C=Nc1cn(Cc2cccc(Cl)c2)c2ccccc12. The van der Waals surface area contributed by atoms with Gasteiger partial charge in [-0.2, -0.15) is 4.99 Å². The molecule has 0 radical (unpaired) electrons. The van der Waals surface area contributed by atoms with Crippen LogP contribution in [0.1, 0.15) is 5.56 Å². The average molecular weight is 283 g/mol. The summed E-state index contributed by atoms with van der Waals surface area (Å²) in [5.41, 5.74) is 2.76. The Morgan fingerprint density at radius 1 is 1.15 bits per heavy atom. The van der Waals surface area contributed by atoms with E-state index in [1.165, 1.54) is 0 Å². The van der Waals surface area contributed by atoms with Crippen molar-refractivity contribution in [3.8, 4) is 0 Å². The summed E-state index contributed by atoms with van der Waals surface area (Å²) in [6, 6.07) is 15.6. The fourth-order valence-electron chi connectivity index (χ4n) is 2.33. The molecule has 0 aliphatic heterocycles. The van der Waals surface area contributed by atoms with Gasteiger partial charge in [-0.25, -0.2) is 4.79 Å². The van der Waals surface area contributed by atoms with Gasteiger partial charge in [0.05, 0.1) is 5.52 Å². The normalized spacial score (nSPS) is 10.4. The number of nitrogens with zero attached hydrogens (tertiary/aromatic N) is 2. The Bertz CT molecular complexity index is 816. The molecule has 0 aliphatic rings. The Labute approximate surface area is 121 Å². The topological polar surface area (TPSA) is 34.4 Å². The predicted molar refractivity (Wildman–Crippen MR) is 80.3 cm³/mol. The lowest BCUT2D eigenvalue weighted by Crippen LogP contribution is -1.97. The number of isocyanates is 1. The maximum atomic E-state index is 10.5. The molecule has 3 nitrogen and oxygen atoms in total. The lowest BCUT2D eigenvalue weighted by Gasteiger charge is -2.05. The van der Waals surface area contributed by atoms with Crippen LogP contribution in [0.2, 0.25) is 5.02 Å². The van der Waals surface area contributed by atoms with E-state index in [1.807, 2.05) is 54.7 Å². The highest BCUT2D eigenvalue weighted by Gasteiger charge is 2.07. The first-order chi connectivity index (χ1) is 9.78. The van der Waals surface area contributed by atoms with Crippen LogP contribution in [0.25, 0.3) is 10.9 Å². The summed E-state index contributed by atoms with van der Waals surface area (Å²) in [5, 5.41) is 1.66. The van der Waals surface area contributed by atoms with Gasteiger partial charge in [0.25, 0.3) is 0 Å². The molecule has 0 spiro atoms. The molecule has 0 unspecified atom stereocenters. The molecule has 0 N–H and O–H groups in total. The first-order valence-electron chi connectivity index (χ1n) is 6.18. The third kappa shape index (κ3) is 2.37. The molecule has 98 valence electrons. The second-order valence-electron chi connectivity index (χ2n) is 4.49. The van der Waals surface area contributed by atoms with E-state index in [0.29, 0.717) is 17.3 Å². The molecule has 2 aromatic carbocycles. The van der Waals surface area contributed by atoms with E-state index < -0.39 is 0 Å². The van der Waals surface area contributed by atoms with Gasteiger partial charge in [0, 0.05) is 23.2 Å². The number of hydrogen-bond acceptors (Lipinski definition) is 2. The average Bonchev–Trinajstić information content (AvgIpc) is 2.78. The van der Waals surface area contributed by atoms with Gasteiger partial charge in [0.1, 0.15) is 5.69 Å². The van der Waals surface area contributed by atoms with E-state index in [4.69, 9.17) is 11.6 Å². The van der Waals surface area contributed by atoms with Gasteiger partial charge in [0.15, 0.2) is 0 Å². The predicted octanol–water partition coefficient (Wildman–Crippen LogP) is 4.31. The number of rotatable bonds is 3. The van der Waals surface area contributed by atoms with E-state index in [1.54, 1.807) is 6.08 Å². The monoisotopic (exact) mass is 282 g/mol. The first-order valence-corrected chi connectivity index (χ1v) is 6.56. The van der Waals surface area contributed by atoms with Crippen molar-refractivity contribution in [3.63, 3.8) is 0 Å². The minimum atomic E-state index is 0.637. The lowest BCUT2D eigenvalue weighted by atomic mass is 10.2. The molecule has 0 aliphatic carbocycles. The molecule has 0 bridgehead atoms. The second-order valence-corrected chi connectivity index (χ2v) is 4.93. The molecule has 0 saturated carbocycles. The summed E-state index contributed by atoms with van der Waals surface area (Å²) in [7, 11) is 0. The maximum Gasteiger partial charge on any atom is 0.240 e. The number of aromatic nitrogens is 1. The van der Waals surface area contributed by atoms with Crippen LogP contribution < -0.4 is 0 Å². The summed E-state index contributed by atoms with van der Waals surface area (Å²) < 4.78 is 2.05. The molecule has 20 heavy (non-hydrogen) atoms. The Kier molecular flexibility index (Phi) is 3.38. The van der Waals surface area contributed by atoms with Crippen LogP contribution in [-0.4, -0.2) is 10.6 Å². The summed E-state index contributed by atoms with van der Waals surface area (Å²) in [4.78, 5) is 14.3. The number of aliphatic imine (C=N–C) groups is 1. The Morgan fingerprint density at radius 3 is 2.80 bits per heavy atom. The highest BCUT2D eigenvalue weighted by molar-refractivity contribution is 6.30. The van der Waals surface area contributed by atoms with Gasteiger partial charge >= 0.3 is 0 Å².